The van der Waals surface area contributed by atoms with Crippen LogP contribution < -0.4 is 16.4 Å². The fourth-order valence-electron chi connectivity index (χ4n) is 2.64. The molecule has 0 saturated heterocycles. The number of benzene rings is 1. The molecule has 0 unspecified atom stereocenters. The van der Waals surface area contributed by atoms with Gasteiger partial charge in [-0.2, -0.15) is 10.1 Å². The second-order valence-corrected chi connectivity index (χ2v) is 6.67. The lowest BCUT2D eigenvalue weighted by Gasteiger charge is -2.12. The van der Waals surface area contributed by atoms with Crippen LogP contribution in [0.5, 0.6) is 0 Å². The highest BCUT2D eigenvalue weighted by molar-refractivity contribution is 5.88. The lowest BCUT2D eigenvalue weighted by atomic mass is 10.1. The van der Waals surface area contributed by atoms with E-state index >= 15 is 0 Å². The molecular weight excluding hydrogens is 330 g/mol. The Bertz CT molecular complexity index is 888. The maximum absolute atomic E-state index is 9.52. The molecule has 1 atom stereocenters. The minimum atomic E-state index is -0.497. The van der Waals surface area contributed by atoms with Gasteiger partial charge in [0.05, 0.1) is 11.8 Å². The fraction of sp³-hybridized carbons (Fsp3) is 0.389. The van der Waals surface area contributed by atoms with E-state index < -0.39 is 6.10 Å². The first kappa shape index (κ1) is 17.9. The number of anilines is 3. The quantitative estimate of drug-likeness (QED) is 0.412. The van der Waals surface area contributed by atoms with Crippen LogP contribution in [0.3, 0.4) is 0 Å². The van der Waals surface area contributed by atoms with Crippen LogP contribution in [0, 0.1) is 0 Å². The van der Waals surface area contributed by atoms with Gasteiger partial charge in [-0.15, -0.1) is 0 Å². The van der Waals surface area contributed by atoms with Crippen molar-refractivity contribution in [1.29, 1.82) is 0 Å². The summed E-state index contributed by atoms with van der Waals surface area (Å²) in [4.78, 5) is 9.09. The Labute approximate surface area is 152 Å². The molecular formula is C18H25N7O. The summed E-state index contributed by atoms with van der Waals surface area (Å²) >= 11 is 0. The molecule has 0 fully saturated rings. The monoisotopic (exact) mass is 355 g/mol. The van der Waals surface area contributed by atoms with Crippen molar-refractivity contribution in [2.24, 2.45) is 0 Å². The topological polar surface area (TPSA) is 125 Å². The van der Waals surface area contributed by atoms with Crippen molar-refractivity contribution in [3.8, 4) is 0 Å². The zero-order valence-corrected chi connectivity index (χ0v) is 15.2. The minimum absolute atomic E-state index is 0.247. The molecule has 2 heterocycles. The van der Waals surface area contributed by atoms with Gasteiger partial charge in [0.1, 0.15) is 5.52 Å². The van der Waals surface area contributed by atoms with Crippen LogP contribution in [0.15, 0.2) is 24.3 Å². The molecule has 8 heteroatoms. The largest absolute Gasteiger partial charge is 0.398 e. The predicted octanol–water partition coefficient (Wildman–Crippen LogP) is 2.46. The third kappa shape index (κ3) is 3.85. The molecule has 0 saturated carbocycles. The highest BCUT2D eigenvalue weighted by Gasteiger charge is 2.17. The molecule has 0 aliphatic rings. The molecule has 0 radical (unpaired) electrons. The number of rotatable bonds is 7. The number of nitrogens with one attached hydrogen (secondary N) is 3. The van der Waals surface area contributed by atoms with Crippen molar-refractivity contribution in [3.63, 3.8) is 0 Å². The third-order valence-electron chi connectivity index (χ3n) is 4.06. The standard InChI is InChI=1S/C18H25N7O/c1-10(2)14-15-16(25-24-14)17(23-18(22-15)21-8-11(3)26)20-9-12-6-4-5-7-13(12)19/h4-7,10-11,26H,8-9,19H2,1-3H3,(H,24,25)(H2,20,21,22,23)/t11-/m1/s1. The summed E-state index contributed by atoms with van der Waals surface area (Å²) in [6, 6.07) is 7.69. The number of nitrogens with zero attached hydrogens (tertiary/aromatic N) is 3. The number of fused-ring (bicyclic) bond motifs is 1. The van der Waals surface area contributed by atoms with E-state index in [4.69, 9.17) is 5.73 Å². The smallest absolute Gasteiger partial charge is 0.225 e. The van der Waals surface area contributed by atoms with Crippen molar-refractivity contribution >= 4 is 28.5 Å². The van der Waals surface area contributed by atoms with Crippen molar-refractivity contribution in [2.45, 2.75) is 39.3 Å². The first-order valence-electron chi connectivity index (χ1n) is 8.71. The molecule has 3 rings (SSSR count). The second kappa shape index (κ2) is 7.57. The summed E-state index contributed by atoms with van der Waals surface area (Å²) < 4.78 is 0. The van der Waals surface area contributed by atoms with Crippen molar-refractivity contribution in [1.82, 2.24) is 20.2 Å². The fourth-order valence-corrected chi connectivity index (χ4v) is 2.64. The number of aliphatic hydroxyl groups is 1. The first-order valence-corrected chi connectivity index (χ1v) is 8.71. The summed E-state index contributed by atoms with van der Waals surface area (Å²) in [5, 5.41) is 23.3. The molecule has 0 aliphatic carbocycles. The maximum Gasteiger partial charge on any atom is 0.225 e. The molecule has 0 amide bonds. The van der Waals surface area contributed by atoms with E-state index in [1.54, 1.807) is 6.92 Å². The van der Waals surface area contributed by atoms with E-state index in [1.165, 1.54) is 0 Å². The molecule has 138 valence electrons. The second-order valence-electron chi connectivity index (χ2n) is 6.67. The van der Waals surface area contributed by atoms with Crippen LogP contribution in [0.25, 0.3) is 11.0 Å². The Morgan fingerprint density at radius 3 is 2.58 bits per heavy atom. The number of H-pyrrole nitrogens is 1. The van der Waals surface area contributed by atoms with Crippen molar-refractivity contribution in [2.75, 3.05) is 22.9 Å². The Morgan fingerprint density at radius 1 is 1.12 bits per heavy atom. The molecule has 6 N–H and O–H groups in total. The highest BCUT2D eigenvalue weighted by Crippen LogP contribution is 2.27. The normalized spacial score (nSPS) is 12.5. The van der Waals surface area contributed by atoms with E-state index in [1.807, 2.05) is 24.3 Å². The molecule has 3 aromatic rings. The number of nitrogen functional groups attached to an aromatic ring is 1. The number of aromatic nitrogens is 4. The van der Waals surface area contributed by atoms with E-state index in [0.29, 0.717) is 30.4 Å². The van der Waals surface area contributed by atoms with Gasteiger partial charge in [0, 0.05) is 18.8 Å². The van der Waals surface area contributed by atoms with Gasteiger partial charge in [0.15, 0.2) is 11.3 Å². The van der Waals surface area contributed by atoms with Gasteiger partial charge in [-0.05, 0) is 24.5 Å². The van der Waals surface area contributed by atoms with Gasteiger partial charge in [-0.1, -0.05) is 32.0 Å². The summed E-state index contributed by atoms with van der Waals surface area (Å²) in [5.74, 6) is 1.32. The van der Waals surface area contributed by atoms with Crippen LogP contribution >= 0.6 is 0 Å². The van der Waals surface area contributed by atoms with Crippen LogP contribution in [-0.2, 0) is 6.54 Å². The Hall–Kier alpha value is -2.87. The number of hydrogen-bond donors (Lipinski definition) is 5. The molecule has 0 bridgehead atoms. The maximum atomic E-state index is 9.52. The summed E-state index contributed by atoms with van der Waals surface area (Å²) in [6.07, 6.45) is -0.497. The zero-order valence-electron chi connectivity index (χ0n) is 15.2. The third-order valence-corrected chi connectivity index (χ3v) is 4.06. The van der Waals surface area contributed by atoms with Crippen LogP contribution in [0.4, 0.5) is 17.5 Å². The van der Waals surface area contributed by atoms with E-state index in [-0.39, 0.29) is 5.92 Å². The lowest BCUT2D eigenvalue weighted by molar-refractivity contribution is 0.208. The summed E-state index contributed by atoms with van der Waals surface area (Å²) in [7, 11) is 0. The number of aromatic amines is 1. The number of aliphatic hydroxyl groups excluding tert-OH is 1. The van der Waals surface area contributed by atoms with Crippen molar-refractivity contribution < 1.29 is 5.11 Å². The SMILES string of the molecule is CC(C)c1[nH]nc2c(NCc3ccccc3N)nc(NC[C@@H](C)O)nc12. The van der Waals surface area contributed by atoms with Gasteiger partial charge < -0.3 is 21.5 Å². The van der Waals surface area contributed by atoms with Gasteiger partial charge in [-0.3, -0.25) is 5.10 Å². The highest BCUT2D eigenvalue weighted by atomic mass is 16.3. The average Bonchev–Trinajstić information content (AvgIpc) is 3.03. The van der Waals surface area contributed by atoms with Crippen LogP contribution in [0.1, 0.15) is 37.9 Å². The Kier molecular flexibility index (Phi) is 5.22. The van der Waals surface area contributed by atoms with E-state index in [2.05, 4.69) is 44.6 Å². The van der Waals surface area contributed by atoms with Crippen molar-refractivity contribution in [3.05, 3.63) is 35.5 Å². The van der Waals surface area contributed by atoms with Crippen LogP contribution in [0.2, 0.25) is 0 Å². The molecule has 8 nitrogen and oxygen atoms in total. The lowest BCUT2D eigenvalue weighted by Crippen LogP contribution is -2.17. The first-order chi connectivity index (χ1) is 12.5. The summed E-state index contributed by atoms with van der Waals surface area (Å²) in [6.45, 7) is 6.76. The van der Waals surface area contributed by atoms with Gasteiger partial charge in [0.2, 0.25) is 5.95 Å². The minimum Gasteiger partial charge on any atom is -0.398 e. The number of para-hydroxylation sites is 1. The van der Waals surface area contributed by atoms with E-state index in [0.717, 1.165) is 22.5 Å². The number of nitrogens with two attached hydrogens (primary N) is 1. The molecule has 0 spiro atoms. The zero-order chi connectivity index (χ0) is 18.7. The van der Waals surface area contributed by atoms with Crippen LogP contribution in [-0.4, -0.2) is 37.9 Å². The summed E-state index contributed by atoms with van der Waals surface area (Å²) in [5.41, 5.74) is 10.1. The van der Waals surface area contributed by atoms with E-state index in [9.17, 15) is 5.11 Å². The van der Waals surface area contributed by atoms with Gasteiger partial charge in [0.25, 0.3) is 0 Å². The molecule has 0 aliphatic heterocycles. The van der Waals surface area contributed by atoms with Gasteiger partial charge >= 0.3 is 0 Å². The number of hydrogen-bond acceptors (Lipinski definition) is 7. The molecule has 1 aromatic carbocycles. The predicted molar refractivity (Wildman–Crippen MR) is 104 cm³/mol. The van der Waals surface area contributed by atoms with Gasteiger partial charge in [-0.25, -0.2) is 4.98 Å². The Balaban J connectivity index is 1.95. The Morgan fingerprint density at radius 2 is 1.88 bits per heavy atom. The average molecular weight is 355 g/mol. The molecule has 26 heavy (non-hydrogen) atoms. The molecule has 2 aromatic heterocycles.